The Morgan fingerprint density at radius 1 is 1.24 bits per heavy atom. The summed E-state index contributed by atoms with van der Waals surface area (Å²) in [6.07, 6.45) is 2.62. The molecule has 0 amide bonds. The zero-order valence-electron chi connectivity index (χ0n) is 9.30. The molecular weight excluding hydrogens is 227 g/mol. The van der Waals surface area contributed by atoms with Crippen molar-refractivity contribution < 1.29 is 13.2 Å². The van der Waals surface area contributed by atoms with Crippen LogP contribution in [0.1, 0.15) is 24.0 Å². The lowest BCUT2D eigenvalue weighted by Gasteiger charge is -2.11. The van der Waals surface area contributed by atoms with E-state index in [0.29, 0.717) is 19.3 Å². The zero-order chi connectivity index (χ0) is 12.9. The second-order valence-corrected chi connectivity index (χ2v) is 3.90. The molecule has 92 valence electrons. The number of halogens is 3. The molecule has 2 N–H and O–H groups in total. The van der Waals surface area contributed by atoms with Gasteiger partial charge in [-0.25, -0.2) is 0 Å². The summed E-state index contributed by atoms with van der Waals surface area (Å²) in [4.78, 5) is 0. The highest BCUT2D eigenvalue weighted by molar-refractivity contribution is 5.25. The molecule has 1 unspecified atom stereocenters. The average molecular weight is 241 g/mol. The largest absolute Gasteiger partial charge is 0.416 e. The van der Waals surface area contributed by atoms with Crippen LogP contribution in [0.2, 0.25) is 0 Å². The van der Waals surface area contributed by atoms with Gasteiger partial charge in [0.25, 0.3) is 0 Å². The van der Waals surface area contributed by atoms with Gasteiger partial charge < -0.3 is 5.73 Å². The first-order chi connectivity index (χ1) is 7.93. The van der Waals surface area contributed by atoms with Gasteiger partial charge in [-0.1, -0.05) is 12.1 Å². The fourth-order valence-electron chi connectivity index (χ4n) is 1.50. The van der Waals surface area contributed by atoms with Gasteiger partial charge >= 0.3 is 6.18 Å². The summed E-state index contributed by atoms with van der Waals surface area (Å²) in [5.74, 6) is 2.48. The van der Waals surface area contributed by atoms with Gasteiger partial charge in [0.15, 0.2) is 0 Å². The van der Waals surface area contributed by atoms with E-state index in [4.69, 9.17) is 12.2 Å². The van der Waals surface area contributed by atoms with Gasteiger partial charge in [0.1, 0.15) is 0 Å². The third kappa shape index (κ3) is 4.49. The first-order valence-electron chi connectivity index (χ1n) is 5.28. The zero-order valence-corrected chi connectivity index (χ0v) is 9.30. The maximum atomic E-state index is 12.3. The molecule has 1 aromatic carbocycles. The van der Waals surface area contributed by atoms with Crippen LogP contribution in [-0.4, -0.2) is 6.04 Å². The van der Waals surface area contributed by atoms with Crippen molar-refractivity contribution in [3.05, 3.63) is 35.4 Å². The van der Waals surface area contributed by atoms with Crippen molar-refractivity contribution in [3.63, 3.8) is 0 Å². The standard InChI is InChI=1S/C13H14F3N/c1-2-3-4-12(17)9-10-5-7-11(8-6-10)13(14,15)16/h1,5-8,12H,3-4,9,17H2. The Bertz CT molecular complexity index is 387. The van der Waals surface area contributed by atoms with Crippen LogP contribution in [-0.2, 0) is 12.6 Å². The van der Waals surface area contributed by atoms with Crippen molar-refractivity contribution >= 4 is 0 Å². The number of hydrogen-bond donors (Lipinski definition) is 1. The van der Waals surface area contributed by atoms with E-state index in [9.17, 15) is 13.2 Å². The summed E-state index contributed by atoms with van der Waals surface area (Å²) in [5.41, 5.74) is 5.95. The molecule has 0 fully saturated rings. The number of benzene rings is 1. The molecule has 0 saturated carbocycles. The Morgan fingerprint density at radius 2 is 1.82 bits per heavy atom. The summed E-state index contributed by atoms with van der Waals surface area (Å²) >= 11 is 0. The predicted octanol–water partition coefficient (Wildman–Crippen LogP) is 2.99. The van der Waals surface area contributed by atoms with Crippen LogP contribution in [0.25, 0.3) is 0 Å². The lowest BCUT2D eigenvalue weighted by molar-refractivity contribution is -0.137. The maximum Gasteiger partial charge on any atom is 0.416 e. The Morgan fingerprint density at radius 3 is 2.29 bits per heavy atom. The number of hydrogen-bond acceptors (Lipinski definition) is 1. The maximum absolute atomic E-state index is 12.3. The number of rotatable bonds is 4. The summed E-state index contributed by atoms with van der Waals surface area (Å²) < 4.78 is 36.9. The molecule has 17 heavy (non-hydrogen) atoms. The molecule has 0 aliphatic rings. The molecule has 0 aliphatic carbocycles. The summed E-state index contributed by atoms with van der Waals surface area (Å²) in [5, 5.41) is 0. The molecule has 0 spiro atoms. The van der Waals surface area contributed by atoms with E-state index >= 15 is 0 Å². The van der Waals surface area contributed by atoms with Gasteiger partial charge in [-0.05, 0) is 30.5 Å². The van der Waals surface area contributed by atoms with Crippen LogP contribution in [0.5, 0.6) is 0 Å². The molecule has 0 radical (unpaired) electrons. The van der Waals surface area contributed by atoms with Crippen LogP contribution in [0.4, 0.5) is 13.2 Å². The summed E-state index contributed by atoms with van der Waals surface area (Å²) in [7, 11) is 0. The minimum Gasteiger partial charge on any atom is -0.327 e. The number of alkyl halides is 3. The molecule has 0 saturated heterocycles. The van der Waals surface area contributed by atoms with Gasteiger partial charge in [-0.3, -0.25) is 0 Å². The molecule has 1 aromatic rings. The second-order valence-electron chi connectivity index (χ2n) is 3.90. The van der Waals surface area contributed by atoms with Crippen molar-refractivity contribution in [3.8, 4) is 12.3 Å². The highest BCUT2D eigenvalue weighted by Gasteiger charge is 2.29. The van der Waals surface area contributed by atoms with E-state index in [0.717, 1.165) is 17.7 Å². The summed E-state index contributed by atoms with van der Waals surface area (Å²) in [6, 6.07) is 4.95. The Hall–Kier alpha value is -1.47. The van der Waals surface area contributed by atoms with E-state index in [2.05, 4.69) is 5.92 Å². The minimum atomic E-state index is -4.29. The molecule has 0 bridgehead atoms. The molecule has 1 nitrogen and oxygen atoms in total. The van der Waals surface area contributed by atoms with Crippen molar-refractivity contribution in [2.75, 3.05) is 0 Å². The number of terminal acetylenes is 1. The van der Waals surface area contributed by atoms with Crippen molar-refractivity contribution in [1.29, 1.82) is 0 Å². The molecule has 1 atom stereocenters. The lowest BCUT2D eigenvalue weighted by atomic mass is 10.0. The van der Waals surface area contributed by atoms with Crippen LogP contribution in [0.3, 0.4) is 0 Å². The fourth-order valence-corrected chi connectivity index (χ4v) is 1.50. The Labute approximate surface area is 98.8 Å². The van der Waals surface area contributed by atoms with Gasteiger partial charge in [0.05, 0.1) is 5.56 Å². The topological polar surface area (TPSA) is 26.0 Å². The van der Waals surface area contributed by atoms with Crippen LogP contribution in [0, 0.1) is 12.3 Å². The molecule has 1 rings (SSSR count). The van der Waals surface area contributed by atoms with Gasteiger partial charge in [-0.2, -0.15) is 13.2 Å². The SMILES string of the molecule is C#CCCC(N)Cc1ccc(C(F)(F)F)cc1. The van der Waals surface area contributed by atoms with Crippen molar-refractivity contribution in [2.24, 2.45) is 5.73 Å². The molecule has 0 aromatic heterocycles. The van der Waals surface area contributed by atoms with Crippen molar-refractivity contribution in [1.82, 2.24) is 0 Å². The minimum absolute atomic E-state index is 0.109. The highest BCUT2D eigenvalue weighted by atomic mass is 19.4. The second kappa shape index (κ2) is 5.74. The normalized spacial score (nSPS) is 13.1. The molecule has 0 heterocycles. The highest BCUT2D eigenvalue weighted by Crippen LogP contribution is 2.29. The lowest BCUT2D eigenvalue weighted by Crippen LogP contribution is -2.22. The third-order valence-corrected chi connectivity index (χ3v) is 2.44. The summed E-state index contributed by atoms with van der Waals surface area (Å²) in [6.45, 7) is 0. The smallest absolute Gasteiger partial charge is 0.327 e. The van der Waals surface area contributed by atoms with Crippen LogP contribution in [0.15, 0.2) is 24.3 Å². The third-order valence-electron chi connectivity index (χ3n) is 2.44. The first-order valence-corrected chi connectivity index (χ1v) is 5.28. The quantitative estimate of drug-likeness (QED) is 0.806. The van der Waals surface area contributed by atoms with E-state index in [1.807, 2.05) is 0 Å². The van der Waals surface area contributed by atoms with E-state index in [1.165, 1.54) is 12.1 Å². The molecule has 0 aliphatic heterocycles. The van der Waals surface area contributed by atoms with Gasteiger partial charge in [-0.15, -0.1) is 12.3 Å². The van der Waals surface area contributed by atoms with E-state index in [1.54, 1.807) is 0 Å². The van der Waals surface area contributed by atoms with Crippen molar-refractivity contribution in [2.45, 2.75) is 31.5 Å². The monoisotopic (exact) mass is 241 g/mol. The van der Waals surface area contributed by atoms with E-state index < -0.39 is 11.7 Å². The molecular formula is C13H14F3N. The van der Waals surface area contributed by atoms with E-state index in [-0.39, 0.29) is 6.04 Å². The van der Waals surface area contributed by atoms with Gasteiger partial charge in [0.2, 0.25) is 0 Å². The average Bonchev–Trinajstić information content (AvgIpc) is 2.26. The first kappa shape index (κ1) is 13.6. The Balaban J connectivity index is 2.60. The predicted molar refractivity (Wildman–Crippen MR) is 61.2 cm³/mol. The Kier molecular flexibility index (Phi) is 4.59. The fraction of sp³-hybridized carbons (Fsp3) is 0.385. The van der Waals surface area contributed by atoms with Crippen LogP contribution >= 0.6 is 0 Å². The molecule has 4 heteroatoms. The van der Waals surface area contributed by atoms with Crippen LogP contribution < -0.4 is 5.73 Å². The van der Waals surface area contributed by atoms with Gasteiger partial charge in [0, 0.05) is 12.5 Å². The number of nitrogens with two attached hydrogens (primary N) is 1.